The highest BCUT2D eigenvalue weighted by Crippen LogP contribution is 2.19. The van der Waals surface area contributed by atoms with Crippen LogP contribution in [-0.2, 0) is 19.1 Å². The molecule has 0 aromatic carbocycles. The lowest BCUT2D eigenvalue weighted by Gasteiger charge is -2.16. The molecular formula is C11H14N2O5S. The van der Waals surface area contributed by atoms with Gasteiger partial charge in [-0.05, 0) is 18.4 Å². The molecule has 7 nitrogen and oxygen atoms in total. The average Bonchev–Trinajstić information content (AvgIpc) is 2.88. The van der Waals surface area contributed by atoms with Gasteiger partial charge in [0.15, 0.2) is 12.1 Å². The third-order valence-electron chi connectivity index (χ3n) is 2.18. The number of amides is 1. The van der Waals surface area contributed by atoms with E-state index in [1.807, 2.05) is 0 Å². The van der Waals surface area contributed by atoms with Gasteiger partial charge in [0.1, 0.15) is 0 Å². The van der Waals surface area contributed by atoms with E-state index in [9.17, 15) is 14.4 Å². The second-order valence-electron chi connectivity index (χ2n) is 3.52. The maximum Gasteiger partial charge on any atom is 0.332 e. The van der Waals surface area contributed by atoms with Crippen LogP contribution in [0.25, 0.3) is 0 Å². The highest BCUT2D eigenvalue weighted by Gasteiger charge is 2.29. The molecule has 0 aliphatic heterocycles. The van der Waals surface area contributed by atoms with Crippen LogP contribution in [0.5, 0.6) is 0 Å². The zero-order valence-corrected chi connectivity index (χ0v) is 11.0. The number of nitrogens with two attached hydrogens (primary N) is 1. The summed E-state index contributed by atoms with van der Waals surface area (Å²) in [5.74, 6) is -3.01. The molecule has 0 saturated carbocycles. The SMILES string of the molecule is CCOC(=O)C(N)C(=O)NC(C(=O)O)c1cccs1. The average molecular weight is 286 g/mol. The van der Waals surface area contributed by atoms with E-state index in [-0.39, 0.29) is 6.61 Å². The maximum atomic E-state index is 11.7. The molecule has 1 heterocycles. The van der Waals surface area contributed by atoms with E-state index in [1.165, 1.54) is 11.3 Å². The zero-order chi connectivity index (χ0) is 14.4. The zero-order valence-electron chi connectivity index (χ0n) is 10.2. The minimum Gasteiger partial charge on any atom is -0.479 e. The van der Waals surface area contributed by atoms with Gasteiger partial charge in [-0.15, -0.1) is 11.3 Å². The molecule has 0 fully saturated rings. The summed E-state index contributed by atoms with van der Waals surface area (Å²) in [6.07, 6.45) is 0. The second kappa shape index (κ2) is 6.86. The molecule has 4 N–H and O–H groups in total. The number of rotatable bonds is 6. The van der Waals surface area contributed by atoms with Crippen LogP contribution in [0.15, 0.2) is 17.5 Å². The van der Waals surface area contributed by atoms with Gasteiger partial charge in [-0.3, -0.25) is 4.79 Å². The van der Waals surface area contributed by atoms with Crippen molar-refractivity contribution in [3.05, 3.63) is 22.4 Å². The molecule has 0 spiro atoms. The van der Waals surface area contributed by atoms with E-state index in [0.29, 0.717) is 4.88 Å². The molecule has 1 aromatic heterocycles. The van der Waals surface area contributed by atoms with Gasteiger partial charge in [0.05, 0.1) is 6.61 Å². The van der Waals surface area contributed by atoms with Crippen LogP contribution in [0.1, 0.15) is 17.8 Å². The van der Waals surface area contributed by atoms with E-state index < -0.39 is 29.9 Å². The first kappa shape index (κ1) is 15.1. The fourth-order valence-corrected chi connectivity index (χ4v) is 2.05. The smallest absolute Gasteiger partial charge is 0.332 e. The minimum absolute atomic E-state index is 0.0904. The van der Waals surface area contributed by atoms with Crippen molar-refractivity contribution < 1.29 is 24.2 Å². The van der Waals surface area contributed by atoms with Crippen LogP contribution in [0.3, 0.4) is 0 Å². The minimum atomic E-state index is -1.54. The third-order valence-corrected chi connectivity index (χ3v) is 3.12. The van der Waals surface area contributed by atoms with Gasteiger partial charge >= 0.3 is 11.9 Å². The molecule has 2 atom stereocenters. The van der Waals surface area contributed by atoms with Crippen molar-refractivity contribution in [3.8, 4) is 0 Å². The Bertz CT molecular complexity index is 460. The predicted molar refractivity (Wildman–Crippen MR) is 67.4 cm³/mol. The van der Waals surface area contributed by atoms with E-state index in [1.54, 1.807) is 24.4 Å². The number of hydrogen-bond acceptors (Lipinski definition) is 6. The molecule has 0 bridgehead atoms. The highest BCUT2D eigenvalue weighted by atomic mass is 32.1. The molecule has 1 aromatic rings. The number of esters is 1. The van der Waals surface area contributed by atoms with Crippen molar-refractivity contribution in [1.82, 2.24) is 5.32 Å². The molecule has 0 aliphatic rings. The van der Waals surface area contributed by atoms with Crippen molar-refractivity contribution in [2.24, 2.45) is 5.73 Å². The molecule has 0 aliphatic carbocycles. The lowest BCUT2D eigenvalue weighted by atomic mass is 10.2. The molecule has 1 amide bonds. The number of ether oxygens (including phenoxy) is 1. The normalized spacial score (nSPS) is 13.4. The first-order valence-electron chi connectivity index (χ1n) is 5.46. The summed E-state index contributed by atoms with van der Waals surface area (Å²) < 4.78 is 4.59. The predicted octanol–water partition coefficient (Wildman–Crippen LogP) is -0.120. The van der Waals surface area contributed by atoms with Crippen molar-refractivity contribution in [3.63, 3.8) is 0 Å². The van der Waals surface area contributed by atoms with Gasteiger partial charge in [-0.25, -0.2) is 9.59 Å². The maximum absolute atomic E-state index is 11.7. The number of carbonyl (C=O) groups excluding carboxylic acids is 2. The second-order valence-corrected chi connectivity index (χ2v) is 4.50. The number of hydrogen-bond donors (Lipinski definition) is 3. The molecule has 0 radical (unpaired) electrons. The van der Waals surface area contributed by atoms with E-state index in [2.05, 4.69) is 10.1 Å². The van der Waals surface area contributed by atoms with Crippen LogP contribution in [0.4, 0.5) is 0 Å². The summed E-state index contributed by atoms with van der Waals surface area (Å²) in [5, 5.41) is 12.9. The Morgan fingerprint density at radius 1 is 1.53 bits per heavy atom. The van der Waals surface area contributed by atoms with Crippen molar-refractivity contribution in [2.45, 2.75) is 19.0 Å². The van der Waals surface area contributed by atoms with Gasteiger partial charge in [-0.2, -0.15) is 0 Å². The molecule has 19 heavy (non-hydrogen) atoms. The molecule has 104 valence electrons. The van der Waals surface area contributed by atoms with Gasteiger partial charge in [0.25, 0.3) is 0 Å². The molecule has 2 unspecified atom stereocenters. The Hall–Kier alpha value is -1.93. The Morgan fingerprint density at radius 2 is 2.21 bits per heavy atom. The highest BCUT2D eigenvalue weighted by molar-refractivity contribution is 7.10. The van der Waals surface area contributed by atoms with E-state index >= 15 is 0 Å². The summed E-state index contributed by atoms with van der Waals surface area (Å²) in [5.41, 5.74) is 5.37. The largest absolute Gasteiger partial charge is 0.479 e. The number of carboxylic acid groups (broad SMARTS) is 1. The van der Waals surface area contributed by atoms with Gasteiger partial charge in [0, 0.05) is 4.88 Å². The quantitative estimate of drug-likeness (QED) is 0.495. The summed E-state index contributed by atoms with van der Waals surface area (Å²) >= 11 is 1.18. The van der Waals surface area contributed by atoms with Gasteiger partial charge < -0.3 is 20.9 Å². The van der Waals surface area contributed by atoms with Gasteiger partial charge in [0.2, 0.25) is 5.91 Å². The van der Waals surface area contributed by atoms with Crippen LogP contribution >= 0.6 is 11.3 Å². The van der Waals surface area contributed by atoms with E-state index in [0.717, 1.165) is 0 Å². The topological polar surface area (TPSA) is 119 Å². The van der Waals surface area contributed by atoms with Crippen molar-refractivity contribution in [1.29, 1.82) is 0 Å². The first-order chi connectivity index (χ1) is 8.97. The summed E-state index contributed by atoms with van der Waals surface area (Å²) in [4.78, 5) is 34.5. The molecule has 1 rings (SSSR count). The molecule has 8 heteroatoms. The van der Waals surface area contributed by atoms with Crippen molar-refractivity contribution in [2.75, 3.05) is 6.61 Å². The molecule has 0 saturated heterocycles. The molecular weight excluding hydrogens is 272 g/mol. The Morgan fingerprint density at radius 3 is 2.68 bits per heavy atom. The standard InChI is InChI=1S/C11H14N2O5S/c1-2-18-11(17)7(12)9(14)13-8(10(15)16)6-4-3-5-19-6/h3-5,7-8H,2,12H2,1H3,(H,13,14)(H,15,16). The number of thiophene rings is 1. The Kier molecular flexibility index (Phi) is 5.46. The number of carboxylic acids is 1. The lowest BCUT2D eigenvalue weighted by Crippen LogP contribution is -2.49. The Balaban J connectivity index is 2.73. The van der Waals surface area contributed by atoms with E-state index in [4.69, 9.17) is 10.8 Å². The summed E-state index contributed by atoms with van der Waals surface area (Å²) in [6.45, 7) is 1.67. The monoisotopic (exact) mass is 286 g/mol. The lowest BCUT2D eigenvalue weighted by molar-refractivity contribution is -0.150. The Labute approximate surface area is 113 Å². The summed E-state index contributed by atoms with van der Waals surface area (Å²) in [7, 11) is 0. The first-order valence-corrected chi connectivity index (χ1v) is 6.34. The fourth-order valence-electron chi connectivity index (χ4n) is 1.28. The number of aliphatic carboxylic acids is 1. The fraction of sp³-hybridized carbons (Fsp3) is 0.364. The van der Waals surface area contributed by atoms with Crippen molar-refractivity contribution >= 4 is 29.2 Å². The van der Waals surface area contributed by atoms with Gasteiger partial charge in [-0.1, -0.05) is 6.07 Å². The van der Waals surface area contributed by atoms with Crippen LogP contribution in [-0.4, -0.2) is 35.6 Å². The summed E-state index contributed by atoms with van der Waals surface area (Å²) in [6, 6.07) is 0.460. The number of nitrogens with one attached hydrogen (secondary N) is 1. The number of carbonyl (C=O) groups is 3. The van der Waals surface area contributed by atoms with Crippen LogP contribution in [0.2, 0.25) is 0 Å². The van der Waals surface area contributed by atoms with Crippen LogP contribution < -0.4 is 11.1 Å². The third kappa shape index (κ3) is 4.04. The van der Waals surface area contributed by atoms with Crippen LogP contribution in [0, 0.1) is 0 Å².